The lowest BCUT2D eigenvalue weighted by atomic mass is 9.86. The molecule has 0 atom stereocenters. The summed E-state index contributed by atoms with van der Waals surface area (Å²) in [5, 5.41) is 2.11. The van der Waals surface area contributed by atoms with Crippen LogP contribution < -0.4 is 4.74 Å². The average molecular weight is 286 g/mol. The van der Waals surface area contributed by atoms with Crippen LogP contribution >= 0.6 is 0 Å². The molecule has 106 valence electrons. The molecule has 1 aliphatic rings. The molecular formula is C20H14O2. The van der Waals surface area contributed by atoms with Gasteiger partial charge in [0.1, 0.15) is 5.75 Å². The molecule has 0 unspecified atom stereocenters. The predicted octanol–water partition coefficient (Wildman–Crippen LogP) is 4.72. The summed E-state index contributed by atoms with van der Waals surface area (Å²) in [6, 6.07) is 18.0. The van der Waals surface area contributed by atoms with Gasteiger partial charge in [0, 0.05) is 16.5 Å². The minimum absolute atomic E-state index is 0.0465. The van der Waals surface area contributed by atoms with Crippen molar-refractivity contribution < 1.29 is 9.53 Å². The first-order chi connectivity index (χ1) is 10.8. The maximum absolute atomic E-state index is 12.5. The van der Waals surface area contributed by atoms with Crippen LogP contribution in [-0.4, -0.2) is 12.9 Å². The third-order valence-electron chi connectivity index (χ3n) is 4.14. The van der Waals surface area contributed by atoms with Gasteiger partial charge in [0.15, 0.2) is 5.78 Å². The van der Waals surface area contributed by atoms with E-state index in [-0.39, 0.29) is 5.78 Å². The van der Waals surface area contributed by atoms with Crippen LogP contribution in [0.25, 0.3) is 28.0 Å². The van der Waals surface area contributed by atoms with Crippen LogP contribution in [0.15, 0.2) is 60.7 Å². The maximum Gasteiger partial charge on any atom is 0.187 e. The third kappa shape index (κ3) is 1.77. The molecule has 1 aliphatic carbocycles. The van der Waals surface area contributed by atoms with Crippen LogP contribution in [0.2, 0.25) is 0 Å². The van der Waals surface area contributed by atoms with Gasteiger partial charge in [0.05, 0.1) is 7.11 Å². The smallest absolute Gasteiger partial charge is 0.187 e. The van der Waals surface area contributed by atoms with Crippen LogP contribution in [0.4, 0.5) is 0 Å². The molecule has 3 aromatic carbocycles. The Morgan fingerprint density at radius 1 is 0.818 bits per heavy atom. The van der Waals surface area contributed by atoms with Crippen molar-refractivity contribution in [2.75, 3.05) is 7.11 Å². The molecule has 4 rings (SSSR count). The number of hydrogen-bond donors (Lipinski definition) is 0. The molecular weight excluding hydrogens is 272 g/mol. The first-order valence-corrected chi connectivity index (χ1v) is 7.21. The van der Waals surface area contributed by atoms with Gasteiger partial charge in [0.25, 0.3) is 0 Å². The van der Waals surface area contributed by atoms with Gasteiger partial charge in [0.2, 0.25) is 0 Å². The molecule has 0 aromatic heterocycles. The molecule has 2 heteroatoms. The zero-order chi connectivity index (χ0) is 15.1. The first-order valence-electron chi connectivity index (χ1n) is 7.21. The van der Waals surface area contributed by atoms with Crippen molar-refractivity contribution in [2.45, 2.75) is 0 Å². The number of carbonyl (C=O) groups is 1. The summed E-state index contributed by atoms with van der Waals surface area (Å²) >= 11 is 0. The molecule has 0 saturated heterocycles. The Morgan fingerprint density at radius 2 is 1.68 bits per heavy atom. The molecule has 0 amide bonds. The van der Waals surface area contributed by atoms with E-state index in [0.29, 0.717) is 0 Å². The van der Waals surface area contributed by atoms with Crippen LogP contribution in [0.3, 0.4) is 0 Å². The van der Waals surface area contributed by atoms with E-state index in [2.05, 4.69) is 6.07 Å². The highest BCUT2D eigenvalue weighted by atomic mass is 16.5. The molecule has 0 heterocycles. The van der Waals surface area contributed by atoms with E-state index in [1.165, 1.54) is 0 Å². The Hall–Kier alpha value is -2.87. The van der Waals surface area contributed by atoms with E-state index < -0.39 is 0 Å². The topological polar surface area (TPSA) is 26.3 Å². The van der Waals surface area contributed by atoms with E-state index >= 15 is 0 Å². The van der Waals surface area contributed by atoms with Gasteiger partial charge >= 0.3 is 0 Å². The zero-order valence-corrected chi connectivity index (χ0v) is 12.2. The summed E-state index contributed by atoms with van der Waals surface area (Å²) in [5.41, 5.74) is 3.72. The van der Waals surface area contributed by atoms with Gasteiger partial charge in [-0.3, -0.25) is 4.79 Å². The Kier molecular flexibility index (Phi) is 2.83. The number of ketones is 1. The van der Waals surface area contributed by atoms with Gasteiger partial charge in [-0.2, -0.15) is 0 Å². The number of para-hydroxylation sites is 1. The van der Waals surface area contributed by atoms with Crippen LogP contribution in [0.1, 0.15) is 15.9 Å². The third-order valence-corrected chi connectivity index (χ3v) is 4.14. The molecule has 3 aromatic rings. The highest BCUT2D eigenvalue weighted by Crippen LogP contribution is 2.38. The second-order valence-corrected chi connectivity index (χ2v) is 5.33. The second kappa shape index (κ2) is 4.85. The zero-order valence-electron chi connectivity index (χ0n) is 12.2. The summed E-state index contributed by atoms with van der Waals surface area (Å²) in [5.74, 6) is 0.822. The number of carbonyl (C=O) groups excluding carboxylic acids is 1. The highest BCUT2D eigenvalue weighted by Gasteiger charge is 2.21. The van der Waals surface area contributed by atoms with Crippen LogP contribution in [-0.2, 0) is 0 Å². The number of rotatable bonds is 2. The van der Waals surface area contributed by atoms with Crippen molar-refractivity contribution in [3.05, 3.63) is 71.8 Å². The van der Waals surface area contributed by atoms with Gasteiger partial charge in [-0.15, -0.1) is 0 Å². The number of ether oxygens (including phenoxy) is 1. The standard InChI is InChI=1S/C20H14O2/c1-22-18-8-3-2-7-15(18)16-11-9-13-5-4-6-14-10-12-17(21)20(16)19(13)14/h2-12H,1H3. The lowest BCUT2D eigenvalue weighted by molar-refractivity contribution is 0.104. The minimum atomic E-state index is 0.0465. The van der Waals surface area contributed by atoms with Gasteiger partial charge in [-0.1, -0.05) is 54.6 Å². The van der Waals surface area contributed by atoms with E-state index in [1.54, 1.807) is 13.2 Å². The Bertz CT molecular complexity index is 936. The molecule has 0 N–H and O–H groups in total. The van der Waals surface area contributed by atoms with Crippen molar-refractivity contribution in [3.8, 4) is 16.9 Å². The van der Waals surface area contributed by atoms with Crippen LogP contribution in [0, 0.1) is 0 Å². The largest absolute Gasteiger partial charge is 0.496 e. The van der Waals surface area contributed by atoms with Crippen LogP contribution in [0.5, 0.6) is 5.75 Å². The molecule has 0 spiro atoms. The Morgan fingerprint density at radius 3 is 2.55 bits per heavy atom. The fourth-order valence-electron chi connectivity index (χ4n) is 3.14. The summed E-state index contributed by atoms with van der Waals surface area (Å²) in [7, 11) is 1.65. The molecule has 22 heavy (non-hydrogen) atoms. The van der Waals surface area contributed by atoms with Gasteiger partial charge < -0.3 is 4.74 Å². The number of allylic oxidation sites excluding steroid dienone is 1. The first kappa shape index (κ1) is 12.8. The normalized spacial score (nSPS) is 12.7. The predicted molar refractivity (Wildman–Crippen MR) is 89.3 cm³/mol. The average Bonchev–Trinajstić information content (AvgIpc) is 2.58. The highest BCUT2D eigenvalue weighted by molar-refractivity contribution is 6.23. The summed E-state index contributed by atoms with van der Waals surface area (Å²) in [6.07, 6.45) is 3.54. The number of hydrogen-bond acceptors (Lipinski definition) is 2. The SMILES string of the molecule is COc1ccccc1-c1ccc2cccc3c2c1C(=O)C=C3. The van der Waals surface area contributed by atoms with E-state index in [9.17, 15) is 4.79 Å². The van der Waals surface area contributed by atoms with Crippen molar-refractivity contribution in [1.82, 2.24) is 0 Å². The number of benzene rings is 3. The molecule has 2 nitrogen and oxygen atoms in total. The maximum atomic E-state index is 12.5. The van der Waals surface area contributed by atoms with Crippen molar-refractivity contribution in [3.63, 3.8) is 0 Å². The van der Waals surface area contributed by atoms with Crippen molar-refractivity contribution in [1.29, 1.82) is 0 Å². The Labute approximate surface area is 128 Å². The van der Waals surface area contributed by atoms with Crippen molar-refractivity contribution >= 4 is 22.6 Å². The summed E-state index contributed by atoms with van der Waals surface area (Å²) < 4.78 is 5.47. The van der Waals surface area contributed by atoms with E-state index in [0.717, 1.165) is 38.8 Å². The molecule has 0 fully saturated rings. The fraction of sp³-hybridized carbons (Fsp3) is 0.0500. The fourth-order valence-corrected chi connectivity index (χ4v) is 3.14. The monoisotopic (exact) mass is 286 g/mol. The van der Waals surface area contributed by atoms with Crippen molar-refractivity contribution in [2.24, 2.45) is 0 Å². The van der Waals surface area contributed by atoms with Gasteiger partial charge in [-0.25, -0.2) is 0 Å². The molecule has 0 aliphatic heterocycles. The quantitative estimate of drug-likeness (QED) is 0.681. The minimum Gasteiger partial charge on any atom is -0.496 e. The van der Waals surface area contributed by atoms with E-state index in [4.69, 9.17) is 4.74 Å². The summed E-state index contributed by atoms with van der Waals surface area (Å²) in [6.45, 7) is 0. The van der Waals surface area contributed by atoms with Gasteiger partial charge in [-0.05, 0) is 28.7 Å². The lowest BCUT2D eigenvalue weighted by Gasteiger charge is -2.17. The second-order valence-electron chi connectivity index (χ2n) is 5.33. The number of methoxy groups -OCH3 is 1. The summed E-state index contributed by atoms with van der Waals surface area (Å²) in [4.78, 5) is 12.5. The lowest BCUT2D eigenvalue weighted by Crippen LogP contribution is -2.04. The molecule has 0 saturated carbocycles. The molecule has 0 bridgehead atoms. The Balaban J connectivity index is 2.12. The van der Waals surface area contributed by atoms with E-state index in [1.807, 2.05) is 54.6 Å². The molecule has 0 radical (unpaired) electrons.